The predicted octanol–water partition coefficient (Wildman–Crippen LogP) is 5.33. The number of anilines is 2. The summed E-state index contributed by atoms with van der Waals surface area (Å²) in [6.45, 7) is 0. The molecule has 2 amide bonds. The highest BCUT2D eigenvalue weighted by molar-refractivity contribution is 6.31. The minimum atomic E-state index is -4.67. The smallest absolute Gasteiger partial charge is 0.417 e. The number of nitrogens with one attached hydrogen (secondary N) is 2. The van der Waals surface area contributed by atoms with Crippen LogP contribution in [0.1, 0.15) is 31.8 Å². The fourth-order valence-corrected chi connectivity index (χ4v) is 2.89. The molecule has 0 fully saturated rings. The van der Waals surface area contributed by atoms with Gasteiger partial charge in [0.25, 0.3) is 0 Å². The number of hydrogen-bond acceptors (Lipinski definition) is 4. The topological polar surface area (TPSA) is 108 Å². The lowest BCUT2D eigenvalue weighted by Gasteiger charge is -2.12. The quantitative estimate of drug-likeness (QED) is 0.443. The summed E-state index contributed by atoms with van der Waals surface area (Å²) in [5, 5.41) is 13.2. The number of rotatable bonds is 5. The van der Waals surface area contributed by atoms with Crippen LogP contribution in [0, 0.1) is 0 Å². The second-order valence-electron chi connectivity index (χ2n) is 6.45. The molecular weight excluding hydrogens is 451 g/mol. The van der Waals surface area contributed by atoms with Crippen LogP contribution in [0.5, 0.6) is 0 Å². The molecule has 3 rings (SSSR count). The van der Waals surface area contributed by atoms with Gasteiger partial charge in [-0.05, 0) is 48.5 Å². The van der Waals surface area contributed by atoms with E-state index in [4.69, 9.17) is 16.7 Å². The lowest BCUT2D eigenvalue weighted by molar-refractivity contribution is -0.137. The monoisotopic (exact) mass is 463 g/mol. The van der Waals surface area contributed by atoms with Crippen LogP contribution in [0.4, 0.5) is 29.3 Å². The molecule has 1 aromatic heterocycles. The molecule has 0 spiro atoms. The van der Waals surface area contributed by atoms with Gasteiger partial charge < -0.3 is 15.7 Å². The van der Waals surface area contributed by atoms with Gasteiger partial charge in [0.2, 0.25) is 0 Å². The van der Waals surface area contributed by atoms with Gasteiger partial charge >= 0.3 is 18.2 Å². The molecule has 0 saturated carbocycles. The van der Waals surface area contributed by atoms with Crippen LogP contribution in [0.25, 0.3) is 0 Å². The van der Waals surface area contributed by atoms with Gasteiger partial charge in [-0.25, -0.2) is 9.59 Å². The first-order valence-electron chi connectivity index (χ1n) is 8.82. The standard InChI is InChI=1S/C21H13ClF3N3O4/c22-17-6-5-15(8-16(17)21(23,24)25)28-20(32)27-14-3-1-11(2-4-14)18(29)12-7-13(19(30)31)10-26-9-12/h1-10H,(H,30,31)(H2,27,28,32). The lowest BCUT2D eigenvalue weighted by atomic mass is 10.0. The van der Waals surface area contributed by atoms with E-state index in [1.54, 1.807) is 0 Å². The number of benzene rings is 2. The van der Waals surface area contributed by atoms with Crippen molar-refractivity contribution < 1.29 is 32.7 Å². The molecule has 2 aromatic carbocycles. The molecule has 3 N–H and O–H groups in total. The molecule has 0 atom stereocenters. The average Bonchev–Trinajstić information content (AvgIpc) is 2.74. The zero-order valence-electron chi connectivity index (χ0n) is 15.9. The molecule has 0 unspecified atom stereocenters. The van der Waals surface area contributed by atoms with Gasteiger partial charge in [-0.3, -0.25) is 9.78 Å². The molecule has 7 nitrogen and oxygen atoms in total. The normalized spacial score (nSPS) is 11.0. The maximum atomic E-state index is 12.9. The van der Waals surface area contributed by atoms with E-state index in [0.717, 1.165) is 12.3 Å². The number of carbonyl (C=O) groups is 3. The molecule has 1 heterocycles. The van der Waals surface area contributed by atoms with Crippen molar-refractivity contribution in [2.24, 2.45) is 0 Å². The summed E-state index contributed by atoms with van der Waals surface area (Å²) in [6, 6.07) is 8.95. The Morgan fingerprint density at radius 3 is 2.06 bits per heavy atom. The molecule has 11 heteroatoms. The van der Waals surface area contributed by atoms with E-state index in [1.807, 2.05) is 0 Å². The summed E-state index contributed by atoms with van der Waals surface area (Å²) in [6.07, 6.45) is -2.33. The molecular formula is C21H13ClF3N3O4. The number of urea groups is 1. The fourth-order valence-electron chi connectivity index (χ4n) is 2.67. The van der Waals surface area contributed by atoms with Crippen molar-refractivity contribution in [1.29, 1.82) is 0 Å². The third-order valence-corrected chi connectivity index (χ3v) is 4.51. The molecule has 0 aliphatic rings. The second kappa shape index (κ2) is 9.06. The Kier molecular flexibility index (Phi) is 6.45. The Bertz CT molecular complexity index is 1200. The Balaban J connectivity index is 1.68. The van der Waals surface area contributed by atoms with E-state index in [1.165, 1.54) is 42.6 Å². The number of halogens is 4. The minimum absolute atomic E-state index is 0.0755. The summed E-state index contributed by atoms with van der Waals surface area (Å²) < 4.78 is 38.8. The number of carbonyl (C=O) groups excluding carboxylic acids is 2. The number of ketones is 1. The summed E-state index contributed by atoms with van der Waals surface area (Å²) in [4.78, 5) is 39.3. The average molecular weight is 464 g/mol. The molecule has 0 radical (unpaired) electrons. The fraction of sp³-hybridized carbons (Fsp3) is 0.0476. The van der Waals surface area contributed by atoms with Gasteiger partial charge in [0.1, 0.15) is 0 Å². The Hall–Kier alpha value is -3.92. The van der Waals surface area contributed by atoms with Gasteiger partial charge in [-0.1, -0.05) is 11.6 Å². The number of pyridine rings is 1. The summed E-state index contributed by atoms with van der Waals surface area (Å²) in [7, 11) is 0. The number of aromatic nitrogens is 1. The zero-order chi connectivity index (χ0) is 23.5. The van der Waals surface area contributed by atoms with E-state index in [-0.39, 0.29) is 28.1 Å². The predicted molar refractivity (Wildman–Crippen MR) is 110 cm³/mol. The van der Waals surface area contributed by atoms with E-state index in [9.17, 15) is 27.6 Å². The summed E-state index contributed by atoms with van der Waals surface area (Å²) in [5.74, 6) is -1.70. The molecule has 0 saturated heterocycles. The highest BCUT2D eigenvalue weighted by atomic mass is 35.5. The van der Waals surface area contributed by atoms with Crippen LogP contribution in [-0.4, -0.2) is 27.9 Å². The van der Waals surface area contributed by atoms with Gasteiger partial charge in [0, 0.05) is 34.9 Å². The SMILES string of the molecule is O=C(Nc1ccc(C(=O)c2cncc(C(=O)O)c2)cc1)Nc1ccc(Cl)c(C(F)(F)F)c1. The van der Waals surface area contributed by atoms with Crippen LogP contribution in [0.15, 0.2) is 60.9 Å². The van der Waals surface area contributed by atoms with Crippen LogP contribution < -0.4 is 10.6 Å². The highest BCUT2D eigenvalue weighted by Gasteiger charge is 2.33. The summed E-state index contributed by atoms with van der Waals surface area (Å²) in [5.41, 5.74) is -0.777. The van der Waals surface area contributed by atoms with Crippen molar-refractivity contribution in [1.82, 2.24) is 4.98 Å². The highest BCUT2D eigenvalue weighted by Crippen LogP contribution is 2.36. The van der Waals surface area contributed by atoms with Crippen molar-refractivity contribution >= 4 is 40.8 Å². The van der Waals surface area contributed by atoms with E-state index >= 15 is 0 Å². The second-order valence-corrected chi connectivity index (χ2v) is 6.85. The van der Waals surface area contributed by atoms with Gasteiger partial charge in [-0.15, -0.1) is 0 Å². The first-order chi connectivity index (χ1) is 15.0. The van der Waals surface area contributed by atoms with Crippen molar-refractivity contribution in [2.75, 3.05) is 10.6 Å². The van der Waals surface area contributed by atoms with Crippen molar-refractivity contribution in [3.8, 4) is 0 Å². The third-order valence-electron chi connectivity index (χ3n) is 4.18. The number of carboxylic acids is 1. The van der Waals surface area contributed by atoms with Crippen molar-refractivity contribution in [3.05, 3.63) is 88.2 Å². The van der Waals surface area contributed by atoms with Crippen LogP contribution in [0.3, 0.4) is 0 Å². The third kappa shape index (κ3) is 5.41. The Morgan fingerprint density at radius 2 is 1.44 bits per heavy atom. The molecule has 164 valence electrons. The number of aromatic carboxylic acids is 1. The molecule has 0 aliphatic carbocycles. The molecule has 32 heavy (non-hydrogen) atoms. The van der Waals surface area contributed by atoms with Crippen LogP contribution in [0.2, 0.25) is 5.02 Å². The number of carboxylic acid groups (broad SMARTS) is 1. The van der Waals surface area contributed by atoms with Gasteiger partial charge in [-0.2, -0.15) is 13.2 Å². The van der Waals surface area contributed by atoms with Gasteiger partial charge in [0.15, 0.2) is 5.78 Å². The van der Waals surface area contributed by atoms with Crippen LogP contribution >= 0.6 is 11.6 Å². The summed E-state index contributed by atoms with van der Waals surface area (Å²) >= 11 is 5.55. The van der Waals surface area contributed by atoms with Crippen molar-refractivity contribution in [3.63, 3.8) is 0 Å². The Labute approximate surface area is 183 Å². The lowest BCUT2D eigenvalue weighted by Crippen LogP contribution is -2.20. The number of alkyl halides is 3. The zero-order valence-corrected chi connectivity index (χ0v) is 16.7. The molecule has 0 aliphatic heterocycles. The molecule has 0 bridgehead atoms. The number of amides is 2. The van der Waals surface area contributed by atoms with Crippen LogP contribution in [-0.2, 0) is 6.18 Å². The van der Waals surface area contributed by atoms with E-state index in [0.29, 0.717) is 6.07 Å². The van der Waals surface area contributed by atoms with E-state index < -0.39 is 34.5 Å². The maximum absolute atomic E-state index is 12.9. The molecule has 3 aromatic rings. The van der Waals surface area contributed by atoms with E-state index in [2.05, 4.69) is 15.6 Å². The Morgan fingerprint density at radius 1 is 0.844 bits per heavy atom. The first kappa shape index (κ1) is 22.8. The number of hydrogen-bond donors (Lipinski definition) is 3. The van der Waals surface area contributed by atoms with Gasteiger partial charge in [0.05, 0.1) is 16.1 Å². The largest absolute Gasteiger partial charge is 0.478 e. The maximum Gasteiger partial charge on any atom is 0.417 e. The first-order valence-corrected chi connectivity index (χ1v) is 9.20. The minimum Gasteiger partial charge on any atom is -0.478 e. The number of nitrogens with zero attached hydrogens (tertiary/aromatic N) is 1. The van der Waals surface area contributed by atoms with Crippen molar-refractivity contribution in [2.45, 2.75) is 6.18 Å².